The Balaban J connectivity index is 1.92. The number of carbonyl (C=O) groups excluding carboxylic acids is 1. The highest BCUT2D eigenvalue weighted by molar-refractivity contribution is 7.89. The Morgan fingerprint density at radius 3 is 2.32 bits per heavy atom. The van der Waals surface area contributed by atoms with E-state index in [1.54, 1.807) is 37.3 Å². The molecule has 7 heteroatoms. The maximum atomic E-state index is 13.5. The molecule has 0 atom stereocenters. The molecule has 0 aliphatic rings. The van der Waals surface area contributed by atoms with Gasteiger partial charge in [0.15, 0.2) is 0 Å². The van der Waals surface area contributed by atoms with Gasteiger partial charge in [-0.25, -0.2) is 8.42 Å². The number of anilines is 1. The van der Waals surface area contributed by atoms with E-state index >= 15 is 0 Å². The Hall–Kier alpha value is -2.67. The lowest BCUT2D eigenvalue weighted by atomic mass is 10.2. The minimum Gasteiger partial charge on any atom is -0.325 e. The lowest BCUT2D eigenvalue weighted by molar-refractivity contribution is -0.116. The molecule has 5 nitrogen and oxygen atoms in total. The number of rotatable bonds is 7. The van der Waals surface area contributed by atoms with Crippen molar-refractivity contribution in [2.45, 2.75) is 32.2 Å². The number of nitrogens with zero attached hydrogens (tertiary/aromatic N) is 1. The van der Waals surface area contributed by atoms with E-state index in [9.17, 15) is 13.2 Å². The zero-order valence-electron chi connectivity index (χ0n) is 17.7. The third-order valence-electron chi connectivity index (χ3n) is 4.95. The van der Waals surface area contributed by atoms with Gasteiger partial charge in [-0.05, 0) is 67.3 Å². The molecule has 3 rings (SSSR count). The maximum absolute atomic E-state index is 13.5. The fourth-order valence-corrected chi connectivity index (χ4v) is 5.18. The Morgan fingerprint density at radius 2 is 1.65 bits per heavy atom. The van der Waals surface area contributed by atoms with Crippen molar-refractivity contribution in [1.29, 1.82) is 0 Å². The molecule has 0 spiro atoms. The van der Waals surface area contributed by atoms with Crippen LogP contribution in [-0.2, 0) is 21.4 Å². The minimum absolute atomic E-state index is 0.0869. The molecule has 1 amide bonds. The molecule has 3 aromatic carbocycles. The van der Waals surface area contributed by atoms with Gasteiger partial charge >= 0.3 is 0 Å². The Bertz CT molecular complexity index is 1190. The van der Waals surface area contributed by atoms with E-state index in [0.29, 0.717) is 16.3 Å². The van der Waals surface area contributed by atoms with Crippen molar-refractivity contribution in [2.75, 3.05) is 11.9 Å². The van der Waals surface area contributed by atoms with Crippen molar-refractivity contribution in [3.8, 4) is 0 Å². The van der Waals surface area contributed by atoms with E-state index in [1.807, 2.05) is 50.2 Å². The van der Waals surface area contributed by atoms with Crippen LogP contribution in [0.4, 0.5) is 5.69 Å². The summed E-state index contributed by atoms with van der Waals surface area (Å²) in [6, 6.07) is 19.6. The standard InChI is InChI=1S/C24H25ClN2O3S/c1-17-9-10-18(2)23(13-17)31(29,30)27(15-20-7-5-4-6-8-20)16-24(28)26-22-12-11-21(25)14-19(22)3/h4-14H,15-16H2,1-3H3,(H,26,28). The molecule has 0 saturated carbocycles. The first-order valence-electron chi connectivity index (χ1n) is 9.84. The van der Waals surface area contributed by atoms with Crippen LogP contribution in [0.5, 0.6) is 0 Å². The SMILES string of the molecule is Cc1ccc(C)c(S(=O)(=O)N(CC(=O)Nc2ccc(Cl)cc2C)Cc2ccccc2)c1. The van der Waals surface area contributed by atoms with Crippen LogP contribution in [0.3, 0.4) is 0 Å². The second-order valence-electron chi connectivity index (χ2n) is 7.54. The molecule has 0 radical (unpaired) electrons. The molecule has 0 unspecified atom stereocenters. The molecular formula is C24H25ClN2O3S. The third kappa shape index (κ3) is 5.73. The van der Waals surface area contributed by atoms with Crippen molar-refractivity contribution in [3.63, 3.8) is 0 Å². The predicted octanol–water partition coefficient (Wildman–Crippen LogP) is 5.09. The number of halogens is 1. The van der Waals surface area contributed by atoms with E-state index in [-0.39, 0.29) is 18.0 Å². The average molecular weight is 457 g/mol. The van der Waals surface area contributed by atoms with Gasteiger partial charge in [-0.1, -0.05) is 54.1 Å². The summed E-state index contributed by atoms with van der Waals surface area (Å²) in [6.45, 7) is 5.20. The van der Waals surface area contributed by atoms with Gasteiger partial charge in [0.05, 0.1) is 11.4 Å². The fraction of sp³-hybridized carbons (Fsp3) is 0.208. The molecule has 0 aromatic heterocycles. The number of nitrogens with one attached hydrogen (secondary N) is 1. The van der Waals surface area contributed by atoms with Crippen LogP contribution in [-0.4, -0.2) is 25.2 Å². The topological polar surface area (TPSA) is 66.5 Å². The fourth-order valence-electron chi connectivity index (χ4n) is 3.25. The summed E-state index contributed by atoms with van der Waals surface area (Å²) in [5, 5.41) is 3.37. The summed E-state index contributed by atoms with van der Waals surface area (Å²) in [5.74, 6) is -0.421. The molecule has 0 aliphatic carbocycles. The number of sulfonamides is 1. The van der Waals surface area contributed by atoms with Crippen LogP contribution < -0.4 is 5.32 Å². The van der Waals surface area contributed by atoms with Gasteiger partial charge in [-0.3, -0.25) is 4.79 Å². The van der Waals surface area contributed by atoms with Crippen LogP contribution in [0.25, 0.3) is 0 Å². The van der Waals surface area contributed by atoms with Crippen LogP contribution >= 0.6 is 11.6 Å². The lowest BCUT2D eigenvalue weighted by Crippen LogP contribution is -2.38. The number of aryl methyl sites for hydroxylation is 3. The summed E-state index contributed by atoms with van der Waals surface area (Å²) in [5.41, 5.74) is 3.67. The van der Waals surface area contributed by atoms with Crippen molar-refractivity contribution in [1.82, 2.24) is 4.31 Å². The summed E-state index contributed by atoms with van der Waals surface area (Å²) in [6.07, 6.45) is 0. The van der Waals surface area contributed by atoms with Gasteiger partial charge < -0.3 is 5.32 Å². The molecule has 0 bridgehead atoms. The van der Waals surface area contributed by atoms with Gasteiger partial charge in [0, 0.05) is 17.3 Å². The maximum Gasteiger partial charge on any atom is 0.244 e. The van der Waals surface area contributed by atoms with Crippen LogP contribution in [0.1, 0.15) is 22.3 Å². The van der Waals surface area contributed by atoms with E-state index in [2.05, 4.69) is 5.32 Å². The largest absolute Gasteiger partial charge is 0.325 e. The van der Waals surface area contributed by atoms with Crippen molar-refractivity contribution in [3.05, 3.63) is 94.0 Å². The van der Waals surface area contributed by atoms with E-state index in [0.717, 1.165) is 16.7 Å². The molecule has 0 heterocycles. The summed E-state index contributed by atoms with van der Waals surface area (Å²) in [7, 11) is -3.91. The van der Waals surface area contributed by atoms with Gasteiger partial charge in [0.2, 0.25) is 15.9 Å². The predicted molar refractivity (Wildman–Crippen MR) is 125 cm³/mol. The number of benzene rings is 3. The van der Waals surface area contributed by atoms with E-state index in [1.165, 1.54) is 4.31 Å². The smallest absolute Gasteiger partial charge is 0.244 e. The number of hydrogen-bond donors (Lipinski definition) is 1. The van der Waals surface area contributed by atoms with Crippen LogP contribution in [0.2, 0.25) is 5.02 Å². The molecule has 0 saturated heterocycles. The molecule has 31 heavy (non-hydrogen) atoms. The Labute approximate surface area is 188 Å². The van der Waals surface area contributed by atoms with Crippen molar-refractivity contribution >= 4 is 33.2 Å². The zero-order chi connectivity index (χ0) is 22.6. The molecule has 162 valence electrons. The zero-order valence-corrected chi connectivity index (χ0v) is 19.3. The summed E-state index contributed by atoms with van der Waals surface area (Å²) in [4.78, 5) is 13.0. The van der Waals surface area contributed by atoms with E-state index < -0.39 is 15.9 Å². The highest BCUT2D eigenvalue weighted by Gasteiger charge is 2.28. The minimum atomic E-state index is -3.91. The molecular weight excluding hydrogens is 432 g/mol. The molecule has 3 aromatic rings. The lowest BCUT2D eigenvalue weighted by Gasteiger charge is -2.23. The summed E-state index contributed by atoms with van der Waals surface area (Å²) < 4.78 is 28.3. The quantitative estimate of drug-likeness (QED) is 0.538. The normalized spacial score (nSPS) is 11.5. The monoisotopic (exact) mass is 456 g/mol. The van der Waals surface area contributed by atoms with Gasteiger partial charge in [0.1, 0.15) is 0 Å². The molecule has 0 fully saturated rings. The van der Waals surface area contributed by atoms with Crippen LogP contribution in [0, 0.1) is 20.8 Å². The van der Waals surface area contributed by atoms with Crippen molar-refractivity contribution in [2.24, 2.45) is 0 Å². The third-order valence-corrected chi connectivity index (χ3v) is 7.11. The first-order valence-corrected chi connectivity index (χ1v) is 11.7. The average Bonchev–Trinajstić information content (AvgIpc) is 2.72. The molecule has 1 N–H and O–H groups in total. The second kappa shape index (κ2) is 9.64. The Morgan fingerprint density at radius 1 is 0.935 bits per heavy atom. The first-order chi connectivity index (χ1) is 14.7. The highest BCUT2D eigenvalue weighted by Crippen LogP contribution is 2.24. The summed E-state index contributed by atoms with van der Waals surface area (Å²) >= 11 is 5.98. The van der Waals surface area contributed by atoms with Crippen LogP contribution in [0.15, 0.2) is 71.6 Å². The highest BCUT2D eigenvalue weighted by atomic mass is 35.5. The van der Waals surface area contributed by atoms with E-state index in [4.69, 9.17) is 11.6 Å². The number of carbonyl (C=O) groups is 1. The van der Waals surface area contributed by atoms with Crippen molar-refractivity contribution < 1.29 is 13.2 Å². The second-order valence-corrected chi connectivity index (χ2v) is 9.88. The van der Waals surface area contributed by atoms with Gasteiger partial charge in [-0.15, -0.1) is 0 Å². The number of amides is 1. The van der Waals surface area contributed by atoms with Gasteiger partial charge in [-0.2, -0.15) is 4.31 Å². The van der Waals surface area contributed by atoms with Gasteiger partial charge in [0.25, 0.3) is 0 Å². The molecule has 0 aliphatic heterocycles. The Kier molecular flexibility index (Phi) is 7.15. The number of hydrogen-bond acceptors (Lipinski definition) is 3. The first kappa shape index (κ1) is 23.0.